The van der Waals surface area contributed by atoms with E-state index in [0.29, 0.717) is 29.4 Å². The second kappa shape index (κ2) is 11.6. The molecule has 0 N–H and O–H groups in total. The first-order valence-electron chi connectivity index (χ1n) is 12.5. The molecule has 0 radical (unpaired) electrons. The maximum Gasteiger partial charge on any atom is 0.271 e. The van der Waals surface area contributed by atoms with Gasteiger partial charge in [0.1, 0.15) is 17.4 Å². The second-order valence-electron chi connectivity index (χ2n) is 9.45. The van der Waals surface area contributed by atoms with Crippen molar-refractivity contribution in [2.24, 2.45) is 5.92 Å². The van der Waals surface area contributed by atoms with Crippen molar-refractivity contribution in [2.45, 2.75) is 27.2 Å². The van der Waals surface area contributed by atoms with Gasteiger partial charge in [-0.05, 0) is 67.3 Å². The van der Waals surface area contributed by atoms with Crippen LogP contribution in [0.2, 0.25) is 0 Å². The number of imide groups is 1. The zero-order chi connectivity index (χ0) is 27.2. The molecular formula is C31H30N4O3. The van der Waals surface area contributed by atoms with Gasteiger partial charge in [0.05, 0.1) is 18.0 Å². The summed E-state index contributed by atoms with van der Waals surface area (Å²) in [6.07, 6.45) is 5.97. The topological polar surface area (TPSA) is 88.2 Å². The third kappa shape index (κ3) is 5.50. The molecule has 192 valence electrons. The molecule has 0 aliphatic carbocycles. The normalized spacial score (nSPS) is 14.8. The fraction of sp³-hybridized carbons (Fsp3) is 0.226. The Morgan fingerprint density at radius 3 is 2.42 bits per heavy atom. The molecule has 0 saturated carbocycles. The van der Waals surface area contributed by atoms with E-state index in [1.807, 2.05) is 66.9 Å². The molecule has 0 fully saturated rings. The Morgan fingerprint density at radius 2 is 1.79 bits per heavy atom. The smallest absolute Gasteiger partial charge is 0.271 e. The largest absolute Gasteiger partial charge is 0.494 e. The first-order chi connectivity index (χ1) is 18.3. The molecule has 0 saturated heterocycles. The molecule has 1 aromatic heterocycles. The molecule has 0 bridgehead atoms. The highest BCUT2D eigenvalue weighted by Gasteiger charge is 2.35. The van der Waals surface area contributed by atoms with Crippen LogP contribution in [-0.4, -0.2) is 39.6 Å². The minimum Gasteiger partial charge on any atom is -0.494 e. The van der Waals surface area contributed by atoms with E-state index in [4.69, 9.17) is 9.84 Å². The molecule has 7 heteroatoms. The van der Waals surface area contributed by atoms with Gasteiger partial charge in [-0.15, -0.1) is 6.58 Å². The van der Waals surface area contributed by atoms with E-state index in [2.05, 4.69) is 20.4 Å². The number of amides is 2. The van der Waals surface area contributed by atoms with E-state index >= 15 is 0 Å². The number of benzene rings is 2. The Balaban J connectivity index is 1.80. The molecule has 2 amide bonds. The molecule has 2 heterocycles. The highest BCUT2D eigenvalue weighted by Crippen LogP contribution is 2.31. The van der Waals surface area contributed by atoms with Crippen molar-refractivity contribution >= 4 is 17.9 Å². The van der Waals surface area contributed by atoms with Gasteiger partial charge in [-0.1, -0.05) is 38.1 Å². The second-order valence-corrected chi connectivity index (χ2v) is 9.45. The Bertz CT molecular complexity index is 1450. The number of hydrogen-bond donors (Lipinski definition) is 0. The van der Waals surface area contributed by atoms with Gasteiger partial charge in [0.2, 0.25) is 0 Å². The van der Waals surface area contributed by atoms with Gasteiger partial charge in [0.15, 0.2) is 0 Å². The zero-order valence-corrected chi connectivity index (χ0v) is 21.8. The molecule has 4 rings (SSSR count). The van der Waals surface area contributed by atoms with Crippen LogP contribution >= 0.6 is 0 Å². The van der Waals surface area contributed by atoms with Crippen molar-refractivity contribution in [1.82, 2.24) is 14.7 Å². The molecule has 7 nitrogen and oxygen atoms in total. The van der Waals surface area contributed by atoms with Gasteiger partial charge in [0, 0.05) is 29.4 Å². The fourth-order valence-electron chi connectivity index (χ4n) is 4.13. The van der Waals surface area contributed by atoms with Crippen LogP contribution in [-0.2, 0) is 9.59 Å². The van der Waals surface area contributed by atoms with E-state index in [0.717, 1.165) is 28.3 Å². The van der Waals surface area contributed by atoms with E-state index in [1.165, 1.54) is 6.08 Å². The summed E-state index contributed by atoms with van der Waals surface area (Å²) >= 11 is 0. The zero-order valence-electron chi connectivity index (χ0n) is 21.8. The van der Waals surface area contributed by atoms with Crippen molar-refractivity contribution in [1.29, 1.82) is 5.26 Å². The lowest BCUT2D eigenvalue weighted by atomic mass is 9.93. The lowest BCUT2D eigenvalue weighted by Crippen LogP contribution is -2.42. The summed E-state index contributed by atoms with van der Waals surface area (Å²) in [6.45, 7) is 10.2. The van der Waals surface area contributed by atoms with Gasteiger partial charge in [-0.25, -0.2) is 4.68 Å². The van der Waals surface area contributed by atoms with Crippen molar-refractivity contribution in [3.05, 3.63) is 95.7 Å². The summed E-state index contributed by atoms with van der Waals surface area (Å²) in [5.74, 6) is 0.250. The molecule has 3 aromatic rings. The number of rotatable bonds is 9. The first-order valence-corrected chi connectivity index (χ1v) is 12.5. The van der Waals surface area contributed by atoms with Crippen LogP contribution in [0.15, 0.2) is 90.2 Å². The Hall–Kier alpha value is -4.70. The first kappa shape index (κ1) is 26.4. The van der Waals surface area contributed by atoms with Crippen LogP contribution in [0.1, 0.15) is 32.8 Å². The Morgan fingerprint density at radius 1 is 1.08 bits per heavy atom. The lowest BCUT2D eigenvalue weighted by Gasteiger charge is -2.26. The van der Waals surface area contributed by atoms with E-state index < -0.39 is 11.8 Å². The van der Waals surface area contributed by atoms with Gasteiger partial charge in [-0.3, -0.25) is 14.5 Å². The number of para-hydroxylation sites is 1. The summed E-state index contributed by atoms with van der Waals surface area (Å²) in [7, 11) is 0. The molecule has 38 heavy (non-hydrogen) atoms. The average molecular weight is 507 g/mol. The number of carbonyl (C=O) groups is 2. The number of aromatic nitrogens is 2. The van der Waals surface area contributed by atoms with Gasteiger partial charge >= 0.3 is 0 Å². The van der Waals surface area contributed by atoms with Crippen molar-refractivity contribution in [3.8, 4) is 28.8 Å². The SMILES string of the molecule is C=CCN1C(=O)C(C#N)=C(C)/C(=C\c2cn(-c3ccccc3)nc2-c2ccc(OCCC(C)C)cc2)C1=O. The monoisotopic (exact) mass is 506 g/mol. The molecule has 2 aromatic carbocycles. The fourth-order valence-corrected chi connectivity index (χ4v) is 4.13. The summed E-state index contributed by atoms with van der Waals surface area (Å²) in [5, 5.41) is 14.5. The van der Waals surface area contributed by atoms with Crippen molar-refractivity contribution in [3.63, 3.8) is 0 Å². The summed E-state index contributed by atoms with van der Waals surface area (Å²) in [5.41, 5.74) is 3.58. The standard InChI is InChI=1S/C31H30N4O3/c1-5-16-34-30(36)27(22(4)28(19-32)31(34)37)18-24-20-35(25-9-7-6-8-10-25)33-29(24)23-11-13-26(14-12-23)38-17-15-21(2)3/h5-14,18,20-21H,1,15-17H2,2-4H3/b27-18+. The molecular weight excluding hydrogens is 476 g/mol. The number of carbonyl (C=O) groups excluding carboxylic acids is 2. The highest BCUT2D eigenvalue weighted by atomic mass is 16.5. The predicted octanol–water partition coefficient (Wildman–Crippen LogP) is 5.74. The van der Waals surface area contributed by atoms with Gasteiger partial charge in [0.25, 0.3) is 11.8 Å². The Labute approximate surface area is 223 Å². The van der Waals surface area contributed by atoms with Crippen LogP contribution < -0.4 is 4.74 Å². The number of nitriles is 1. The van der Waals surface area contributed by atoms with Crippen LogP contribution in [0.3, 0.4) is 0 Å². The minimum atomic E-state index is -0.611. The maximum atomic E-state index is 13.3. The van der Waals surface area contributed by atoms with E-state index in [9.17, 15) is 14.9 Å². The molecule has 1 aliphatic rings. The summed E-state index contributed by atoms with van der Waals surface area (Å²) in [4.78, 5) is 27.1. The molecule has 1 aliphatic heterocycles. The third-order valence-corrected chi connectivity index (χ3v) is 6.29. The van der Waals surface area contributed by atoms with Crippen molar-refractivity contribution < 1.29 is 14.3 Å². The summed E-state index contributed by atoms with van der Waals surface area (Å²) in [6, 6.07) is 19.3. The average Bonchev–Trinajstić information content (AvgIpc) is 3.34. The quantitative estimate of drug-likeness (QED) is 0.210. The van der Waals surface area contributed by atoms with Crippen LogP contribution in [0.5, 0.6) is 5.75 Å². The highest BCUT2D eigenvalue weighted by molar-refractivity contribution is 6.19. The van der Waals surface area contributed by atoms with Gasteiger partial charge in [-0.2, -0.15) is 10.4 Å². The summed E-state index contributed by atoms with van der Waals surface area (Å²) < 4.78 is 7.62. The number of hydrogen-bond acceptors (Lipinski definition) is 5. The van der Waals surface area contributed by atoms with Crippen LogP contribution in [0, 0.1) is 17.2 Å². The van der Waals surface area contributed by atoms with Crippen LogP contribution in [0.4, 0.5) is 0 Å². The van der Waals surface area contributed by atoms with Gasteiger partial charge < -0.3 is 4.74 Å². The lowest BCUT2D eigenvalue weighted by molar-refractivity contribution is -0.139. The Kier molecular flexibility index (Phi) is 8.03. The molecule has 0 atom stereocenters. The van der Waals surface area contributed by atoms with E-state index in [-0.39, 0.29) is 17.7 Å². The minimum absolute atomic E-state index is 0.0157. The van der Waals surface area contributed by atoms with Crippen molar-refractivity contribution in [2.75, 3.05) is 13.2 Å². The van der Waals surface area contributed by atoms with E-state index in [1.54, 1.807) is 17.7 Å². The maximum absolute atomic E-state index is 13.3. The molecule has 0 spiro atoms. The number of ether oxygens (including phenoxy) is 1. The predicted molar refractivity (Wildman–Crippen MR) is 147 cm³/mol. The molecule has 0 unspecified atom stereocenters. The number of nitrogens with zero attached hydrogens (tertiary/aromatic N) is 4. The van der Waals surface area contributed by atoms with Crippen LogP contribution in [0.25, 0.3) is 23.0 Å². The third-order valence-electron chi connectivity index (χ3n) is 6.29.